The summed E-state index contributed by atoms with van der Waals surface area (Å²) in [7, 11) is -4.02. The molecule has 1 heterocycles. The number of carboxylic acid groups (broad SMARTS) is 1. The maximum atomic E-state index is 12.3. The van der Waals surface area contributed by atoms with Crippen LogP contribution in [0, 0.1) is 0 Å². The van der Waals surface area contributed by atoms with Gasteiger partial charge in [0.2, 0.25) is 11.6 Å². The molecule has 2 rings (SSSR count). The van der Waals surface area contributed by atoms with Crippen molar-refractivity contribution in [2.45, 2.75) is 11.6 Å². The van der Waals surface area contributed by atoms with Gasteiger partial charge in [-0.05, 0) is 5.56 Å². The molecule has 0 aromatic heterocycles. The van der Waals surface area contributed by atoms with Crippen LogP contribution in [0.4, 0.5) is 0 Å². The largest absolute Gasteiger partial charge is 1.00 e. The second kappa shape index (κ2) is 7.81. The smallest absolute Gasteiger partial charge is 0.731 e. The standard InChI is InChI=1S/C13H14N2O8S.Na/c1-23-13(7-15(12(13)19)24(20,21)22)14-10(16)9(11(17)18)8-5-3-2-4-6-8;/h2-6,9H,7H2,1H3,(H,14,16)(H,17,18)(H,20,21,22);/q;+1/p-1. The molecule has 10 nitrogen and oxygen atoms in total. The van der Waals surface area contributed by atoms with E-state index in [1.807, 2.05) is 0 Å². The minimum atomic E-state index is -5.03. The molecule has 1 fully saturated rings. The van der Waals surface area contributed by atoms with Crippen LogP contribution in [0.15, 0.2) is 30.3 Å². The number of rotatable bonds is 6. The molecule has 1 aromatic rings. The number of amides is 2. The molecule has 0 saturated carbocycles. The van der Waals surface area contributed by atoms with Crippen molar-refractivity contribution in [2.24, 2.45) is 0 Å². The summed E-state index contributed by atoms with van der Waals surface area (Å²) >= 11 is 0. The zero-order valence-corrected chi connectivity index (χ0v) is 16.1. The molecule has 1 aromatic carbocycles. The van der Waals surface area contributed by atoms with Gasteiger partial charge in [0.15, 0.2) is 16.2 Å². The molecule has 130 valence electrons. The Morgan fingerprint density at radius 2 is 1.92 bits per heavy atom. The van der Waals surface area contributed by atoms with Gasteiger partial charge in [0.25, 0.3) is 5.91 Å². The van der Waals surface area contributed by atoms with E-state index in [2.05, 4.69) is 5.32 Å². The molecule has 0 aliphatic carbocycles. The molecule has 2 amide bonds. The van der Waals surface area contributed by atoms with Crippen LogP contribution >= 0.6 is 0 Å². The quantitative estimate of drug-likeness (QED) is 0.165. The normalized spacial score (nSPS) is 20.9. The van der Waals surface area contributed by atoms with Crippen LogP contribution in [-0.4, -0.2) is 59.5 Å². The number of carbonyl (C=O) groups is 3. The van der Waals surface area contributed by atoms with Crippen molar-refractivity contribution in [1.82, 2.24) is 9.62 Å². The number of aliphatic carboxylic acids is 1. The van der Waals surface area contributed by atoms with Crippen molar-refractivity contribution in [3.63, 3.8) is 0 Å². The van der Waals surface area contributed by atoms with E-state index in [9.17, 15) is 32.5 Å². The molecule has 2 N–H and O–H groups in total. The van der Waals surface area contributed by atoms with Crippen molar-refractivity contribution in [2.75, 3.05) is 13.7 Å². The third kappa shape index (κ3) is 4.19. The molecule has 25 heavy (non-hydrogen) atoms. The number of carbonyl (C=O) groups excluding carboxylic acids is 2. The molecule has 12 heteroatoms. The van der Waals surface area contributed by atoms with E-state index < -0.39 is 46.3 Å². The van der Waals surface area contributed by atoms with Gasteiger partial charge in [-0.1, -0.05) is 30.3 Å². The summed E-state index contributed by atoms with van der Waals surface area (Å²) in [5, 5.41) is 11.3. The molecule has 1 aliphatic heterocycles. The van der Waals surface area contributed by atoms with Gasteiger partial charge in [-0.15, -0.1) is 0 Å². The van der Waals surface area contributed by atoms with Crippen LogP contribution in [0.3, 0.4) is 0 Å². The summed E-state index contributed by atoms with van der Waals surface area (Å²) in [6.45, 7) is -0.735. The fourth-order valence-corrected chi connectivity index (χ4v) is 2.94. The Kier molecular flexibility index (Phi) is 6.73. The Bertz CT molecular complexity index is 784. The van der Waals surface area contributed by atoms with Gasteiger partial charge >= 0.3 is 35.5 Å². The summed E-state index contributed by atoms with van der Waals surface area (Å²) in [6.07, 6.45) is 0. The van der Waals surface area contributed by atoms with Crippen molar-refractivity contribution < 1.29 is 66.8 Å². The van der Waals surface area contributed by atoms with Crippen LogP contribution in [0.2, 0.25) is 0 Å². The van der Waals surface area contributed by atoms with Crippen molar-refractivity contribution in [3.05, 3.63) is 35.9 Å². The van der Waals surface area contributed by atoms with Gasteiger partial charge in [0, 0.05) is 7.11 Å². The number of benzene rings is 1. The summed E-state index contributed by atoms with van der Waals surface area (Å²) in [6, 6.07) is 7.52. The van der Waals surface area contributed by atoms with Crippen LogP contribution in [0.25, 0.3) is 0 Å². The van der Waals surface area contributed by atoms with Crippen molar-refractivity contribution in [3.8, 4) is 0 Å². The molecule has 0 bridgehead atoms. The first-order chi connectivity index (χ1) is 11.1. The molecule has 2 unspecified atom stereocenters. The number of hydrogen-bond donors (Lipinski definition) is 2. The molecular formula is C13H13N2NaO8S. The van der Waals surface area contributed by atoms with Gasteiger partial charge in [-0.25, -0.2) is 12.7 Å². The minimum Gasteiger partial charge on any atom is -0.731 e. The van der Waals surface area contributed by atoms with E-state index >= 15 is 0 Å². The van der Waals surface area contributed by atoms with Gasteiger partial charge in [-0.2, -0.15) is 0 Å². The molecule has 0 spiro atoms. The van der Waals surface area contributed by atoms with E-state index in [-0.39, 0.29) is 39.4 Å². The van der Waals surface area contributed by atoms with Crippen LogP contribution in [0.5, 0.6) is 0 Å². The second-order valence-corrected chi connectivity index (χ2v) is 6.27. The zero-order valence-electron chi connectivity index (χ0n) is 13.3. The van der Waals surface area contributed by atoms with E-state index in [4.69, 9.17) is 4.74 Å². The number of methoxy groups -OCH3 is 1. The van der Waals surface area contributed by atoms with E-state index in [0.717, 1.165) is 7.11 Å². The molecule has 1 saturated heterocycles. The number of hydrogen-bond acceptors (Lipinski definition) is 7. The summed E-state index contributed by atoms with van der Waals surface area (Å²) < 4.78 is 37.4. The number of β-lactam (4-membered cyclic amide) rings is 1. The first kappa shape index (κ1) is 21.5. The number of ether oxygens (including phenoxy) is 1. The Balaban J connectivity index is 0.00000312. The molecule has 0 radical (unpaired) electrons. The zero-order chi connectivity index (χ0) is 18.1. The van der Waals surface area contributed by atoms with E-state index in [0.29, 0.717) is 0 Å². The molecule has 2 atom stereocenters. The third-order valence-corrected chi connectivity index (χ3v) is 4.36. The van der Waals surface area contributed by atoms with E-state index in [1.54, 1.807) is 6.07 Å². The topological polar surface area (TPSA) is 153 Å². The molecule has 1 aliphatic rings. The Hall–Kier alpha value is -1.50. The Morgan fingerprint density at radius 1 is 1.36 bits per heavy atom. The fourth-order valence-electron chi connectivity index (χ4n) is 2.25. The fraction of sp³-hybridized carbons (Fsp3) is 0.308. The van der Waals surface area contributed by atoms with Gasteiger partial charge in [0.05, 0.1) is 6.54 Å². The second-order valence-electron chi connectivity index (χ2n) is 4.97. The van der Waals surface area contributed by atoms with Gasteiger partial charge in [0.1, 0.15) is 0 Å². The van der Waals surface area contributed by atoms with Gasteiger partial charge in [-0.3, -0.25) is 14.4 Å². The minimum absolute atomic E-state index is 0. The predicted molar refractivity (Wildman–Crippen MR) is 76.1 cm³/mol. The number of nitrogens with zero attached hydrogens (tertiary/aromatic N) is 1. The third-order valence-electron chi connectivity index (χ3n) is 3.52. The molecular weight excluding hydrogens is 367 g/mol. The maximum absolute atomic E-state index is 12.3. The average Bonchev–Trinajstić information content (AvgIpc) is 2.50. The SMILES string of the molecule is COC1(NC(=O)C(C(=O)O)c2ccccc2)CN(S(=O)(=O)[O-])C1=O.[Na+]. The average molecular weight is 380 g/mol. The summed E-state index contributed by atoms with van der Waals surface area (Å²) in [5.41, 5.74) is -1.93. The van der Waals surface area contributed by atoms with E-state index in [1.165, 1.54) is 24.3 Å². The van der Waals surface area contributed by atoms with Crippen LogP contribution in [-0.2, 0) is 29.4 Å². The summed E-state index contributed by atoms with van der Waals surface area (Å²) in [4.78, 5) is 35.6. The predicted octanol–water partition coefficient (Wildman–Crippen LogP) is -4.38. The van der Waals surface area contributed by atoms with Crippen molar-refractivity contribution >= 4 is 28.1 Å². The van der Waals surface area contributed by atoms with Crippen LogP contribution in [0.1, 0.15) is 11.5 Å². The number of carboxylic acids is 1. The monoisotopic (exact) mass is 380 g/mol. The summed E-state index contributed by atoms with van der Waals surface area (Å²) in [5.74, 6) is -5.47. The van der Waals surface area contributed by atoms with Crippen LogP contribution < -0.4 is 34.9 Å². The first-order valence-electron chi connectivity index (χ1n) is 6.55. The number of nitrogens with one attached hydrogen (secondary N) is 1. The Morgan fingerprint density at radius 3 is 2.32 bits per heavy atom. The van der Waals surface area contributed by atoms with Gasteiger partial charge < -0.3 is 19.7 Å². The van der Waals surface area contributed by atoms with Crippen molar-refractivity contribution in [1.29, 1.82) is 0 Å². The Labute approximate surface area is 165 Å². The first-order valence-corrected chi connectivity index (χ1v) is 7.92. The maximum Gasteiger partial charge on any atom is 1.00 e.